The Kier molecular flexibility index (Phi) is 3.69. The number of nitrogens with one attached hydrogen (secondary N) is 1. The Bertz CT molecular complexity index is 586. The molecule has 0 saturated carbocycles. The molecule has 0 fully saturated rings. The van der Waals surface area contributed by atoms with Gasteiger partial charge in [0.25, 0.3) is 5.56 Å². The number of rotatable bonds is 4. The molecule has 3 N–H and O–H groups in total. The molecule has 2 aromatic rings. The number of hydrogen-bond acceptors (Lipinski definition) is 4. The minimum absolute atomic E-state index is 0.206. The highest BCUT2D eigenvalue weighted by molar-refractivity contribution is 5.78. The van der Waals surface area contributed by atoms with E-state index >= 15 is 0 Å². The summed E-state index contributed by atoms with van der Waals surface area (Å²) in [7, 11) is 0. The number of nitrogens with zero attached hydrogens (tertiary/aromatic N) is 2. The standard InChI is InChI=1S/C12H14N4O2/c13-7-10-6-12(18)16(15-10)11(17)4-3-9-2-1-5-14-8-9/h1-2,5-6,8,15H,3-4,7,13H2. The molecule has 6 nitrogen and oxygen atoms in total. The number of H-pyrrole nitrogens is 1. The van der Waals surface area contributed by atoms with Crippen molar-refractivity contribution in [3.05, 3.63) is 52.2 Å². The second-order valence-electron chi connectivity index (χ2n) is 3.91. The van der Waals surface area contributed by atoms with Crippen LogP contribution in [0.1, 0.15) is 22.5 Å². The maximum absolute atomic E-state index is 11.8. The summed E-state index contributed by atoms with van der Waals surface area (Å²) in [4.78, 5) is 27.3. The van der Waals surface area contributed by atoms with Crippen LogP contribution in [0.5, 0.6) is 0 Å². The molecule has 0 spiro atoms. The lowest BCUT2D eigenvalue weighted by Crippen LogP contribution is -2.24. The molecule has 0 aliphatic rings. The Morgan fingerprint density at radius 3 is 2.94 bits per heavy atom. The predicted molar refractivity (Wildman–Crippen MR) is 66.1 cm³/mol. The third kappa shape index (κ3) is 2.72. The van der Waals surface area contributed by atoms with Crippen LogP contribution in [0.3, 0.4) is 0 Å². The molecule has 2 heterocycles. The second kappa shape index (κ2) is 5.42. The molecular formula is C12H14N4O2. The second-order valence-corrected chi connectivity index (χ2v) is 3.91. The van der Waals surface area contributed by atoms with Crippen LogP contribution in [-0.2, 0) is 13.0 Å². The zero-order chi connectivity index (χ0) is 13.0. The van der Waals surface area contributed by atoms with Crippen LogP contribution in [0, 0.1) is 0 Å². The minimum atomic E-state index is -0.369. The first-order valence-electron chi connectivity index (χ1n) is 5.64. The van der Waals surface area contributed by atoms with Gasteiger partial charge in [-0.3, -0.25) is 19.7 Å². The van der Waals surface area contributed by atoms with Crippen molar-refractivity contribution >= 4 is 5.91 Å². The first-order chi connectivity index (χ1) is 8.70. The van der Waals surface area contributed by atoms with E-state index in [1.807, 2.05) is 12.1 Å². The van der Waals surface area contributed by atoms with Crippen molar-refractivity contribution in [2.75, 3.05) is 0 Å². The molecular weight excluding hydrogens is 232 g/mol. The van der Waals surface area contributed by atoms with Gasteiger partial charge in [0.15, 0.2) is 0 Å². The molecule has 0 bridgehead atoms. The Balaban J connectivity index is 2.04. The van der Waals surface area contributed by atoms with Gasteiger partial charge in [0.2, 0.25) is 5.91 Å². The van der Waals surface area contributed by atoms with E-state index in [0.29, 0.717) is 12.1 Å². The van der Waals surface area contributed by atoms with Crippen LogP contribution in [0.25, 0.3) is 0 Å². The number of aromatic nitrogens is 3. The molecule has 0 aliphatic carbocycles. The zero-order valence-electron chi connectivity index (χ0n) is 9.80. The molecule has 2 aromatic heterocycles. The van der Waals surface area contributed by atoms with Crippen molar-refractivity contribution < 1.29 is 4.79 Å². The fraction of sp³-hybridized carbons (Fsp3) is 0.250. The van der Waals surface area contributed by atoms with Crippen LogP contribution < -0.4 is 11.3 Å². The summed E-state index contributed by atoms with van der Waals surface area (Å²) in [6, 6.07) is 5.04. The highest BCUT2D eigenvalue weighted by atomic mass is 16.2. The van der Waals surface area contributed by atoms with Crippen molar-refractivity contribution in [1.82, 2.24) is 14.8 Å². The molecule has 18 heavy (non-hydrogen) atoms. The predicted octanol–water partition coefficient (Wildman–Crippen LogP) is 0.303. The van der Waals surface area contributed by atoms with Gasteiger partial charge in [-0.15, -0.1) is 0 Å². The summed E-state index contributed by atoms with van der Waals surface area (Å²) in [5.74, 6) is -0.274. The zero-order valence-corrected chi connectivity index (χ0v) is 9.80. The molecule has 94 valence electrons. The summed E-state index contributed by atoms with van der Waals surface area (Å²) in [5.41, 5.74) is 6.54. The smallest absolute Gasteiger partial charge is 0.273 e. The van der Waals surface area contributed by atoms with Crippen molar-refractivity contribution in [3.63, 3.8) is 0 Å². The van der Waals surface area contributed by atoms with Gasteiger partial charge < -0.3 is 5.73 Å². The van der Waals surface area contributed by atoms with E-state index in [0.717, 1.165) is 10.2 Å². The summed E-state index contributed by atoms with van der Waals surface area (Å²) in [6.07, 6.45) is 4.18. The SMILES string of the molecule is NCc1cc(=O)n(C(=O)CCc2cccnc2)[nH]1. The average molecular weight is 246 g/mol. The van der Waals surface area contributed by atoms with Crippen molar-refractivity contribution in [3.8, 4) is 0 Å². The average Bonchev–Trinajstić information content (AvgIpc) is 2.78. The topological polar surface area (TPSA) is 93.8 Å². The van der Waals surface area contributed by atoms with E-state index < -0.39 is 0 Å². The number of aromatic amines is 1. The fourth-order valence-corrected chi connectivity index (χ4v) is 1.64. The monoisotopic (exact) mass is 246 g/mol. The highest BCUT2D eigenvalue weighted by Crippen LogP contribution is 2.01. The lowest BCUT2D eigenvalue weighted by Gasteiger charge is -2.01. The van der Waals surface area contributed by atoms with Crippen LogP contribution in [0.15, 0.2) is 35.4 Å². The normalized spacial score (nSPS) is 10.5. The van der Waals surface area contributed by atoms with Gasteiger partial charge in [-0.2, -0.15) is 4.68 Å². The third-order valence-corrected chi connectivity index (χ3v) is 2.59. The number of aryl methyl sites for hydroxylation is 1. The lowest BCUT2D eigenvalue weighted by atomic mass is 10.1. The molecule has 6 heteroatoms. The van der Waals surface area contributed by atoms with E-state index in [2.05, 4.69) is 10.1 Å². The molecule has 0 amide bonds. The molecule has 0 aromatic carbocycles. The first kappa shape index (κ1) is 12.3. The van der Waals surface area contributed by atoms with Crippen molar-refractivity contribution in [2.45, 2.75) is 19.4 Å². The number of carbonyl (C=O) groups excluding carboxylic acids is 1. The summed E-state index contributed by atoms with van der Waals surface area (Å²) < 4.78 is 0.999. The molecule has 0 saturated heterocycles. The van der Waals surface area contributed by atoms with Crippen LogP contribution in [-0.4, -0.2) is 20.7 Å². The first-order valence-corrected chi connectivity index (χ1v) is 5.64. The van der Waals surface area contributed by atoms with Crippen LogP contribution in [0.4, 0.5) is 0 Å². The molecule has 0 atom stereocenters. The van der Waals surface area contributed by atoms with Gasteiger partial charge >= 0.3 is 0 Å². The number of hydrogen-bond donors (Lipinski definition) is 2. The van der Waals surface area contributed by atoms with E-state index in [-0.39, 0.29) is 24.4 Å². The van der Waals surface area contributed by atoms with Crippen LogP contribution in [0.2, 0.25) is 0 Å². The van der Waals surface area contributed by atoms with Gasteiger partial charge in [-0.1, -0.05) is 6.07 Å². The van der Waals surface area contributed by atoms with Gasteiger partial charge in [0.1, 0.15) is 0 Å². The summed E-state index contributed by atoms with van der Waals surface area (Å²) >= 11 is 0. The lowest BCUT2D eigenvalue weighted by molar-refractivity contribution is 0.0882. The Morgan fingerprint density at radius 1 is 1.50 bits per heavy atom. The van der Waals surface area contributed by atoms with Gasteiger partial charge in [-0.25, -0.2) is 0 Å². The summed E-state index contributed by atoms with van der Waals surface area (Å²) in [5, 5.41) is 2.68. The molecule has 0 aliphatic heterocycles. The largest absolute Gasteiger partial charge is 0.325 e. The maximum atomic E-state index is 11.8. The van der Waals surface area contributed by atoms with Crippen LogP contribution >= 0.6 is 0 Å². The number of nitrogens with two attached hydrogens (primary N) is 1. The third-order valence-electron chi connectivity index (χ3n) is 2.59. The van der Waals surface area contributed by atoms with Gasteiger partial charge in [0, 0.05) is 31.4 Å². The van der Waals surface area contributed by atoms with Gasteiger partial charge in [0.05, 0.1) is 5.69 Å². The Morgan fingerprint density at radius 2 is 2.33 bits per heavy atom. The van der Waals surface area contributed by atoms with Gasteiger partial charge in [-0.05, 0) is 18.1 Å². The van der Waals surface area contributed by atoms with E-state index in [1.165, 1.54) is 6.07 Å². The van der Waals surface area contributed by atoms with E-state index in [4.69, 9.17) is 5.73 Å². The molecule has 2 rings (SSSR count). The fourth-order valence-electron chi connectivity index (χ4n) is 1.64. The van der Waals surface area contributed by atoms with E-state index in [9.17, 15) is 9.59 Å². The Hall–Kier alpha value is -2.21. The molecule has 0 radical (unpaired) electrons. The number of carbonyl (C=O) groups is 1. The summed E-state index contributed by atoms with van der Waals surface area (Å²) in [6.45, 7) is 0.206. The maximum Gasteiger partial charge on any atom is 0.273 e. The number of pyridine rings is 1. The van der Waals surface area contributed by atoms with E-state index in [1.54, 1.807) is 12.4 Å². The Labute approximate surface area is 103 Å². The highest BCUT2D eigenvalue weighted by Gasteiger charge is 2.10. The van der Waals surface area contributed by atoms with Crippen molar-refractivity contribution in [2.24, 2.45) is 5.73 Å². The minimum Gasteiger partial charge on any atom is -0.325 e. The quantitative estimate of drug-likeness (QED) is 0.811. The molecule has 0 unspecified atom stereocenters. The van der Waals surface area contributed by atoms with Crippen molar-refractivity contribution in [1.29, 1.82) is 0 Å².